The molecule has 1 unspecified atom stereocenters. The first-order valence-electron chi connectivity index (χ1n) is 10.9. The van der Waals surface area contributed by atoms with Crippen molar-refractivity contribution in [2.45, 2.75) is 44.6 Å². The maximum Gasteiger partial charge on any atom is 0.253 e. The van der Waals surface area contributed by atoms with Gasteiger partial charge in [-0.3, -0.25) is 9.59 Å². The van der Waals surface area contributed by atoms with Crippen LogP contribution in [0.5, 0.6) is 0 Å². The number of hydrogen-bond donors (Lipinski definition) is 0. The molecule has 0 bridgehead atoms. The van der Waals surface area contributed by atoms with Gasteiger partial charge in [0.05, 0.1) is 18.8 Å². The lowest BCUT2D eigenvalue weighted by Gasteiger charge is -2.46. The summed E-state index contributed by atoms with van der Waals surface area (Å²) in [6, 6.07) is 7.80. The monoisotopic (exact) mass is 400 g/mol. The van der Waals surface area contributed by atoms with E-state index < -0.39 is 0 Å². The zero-order valence-corrected chi connectivity index (χ0v) is 17.4. The van der Waals surface area contributed by atoms with Crippen LogP contribution in [-0.2, 0) is 14.3 Å². The van der Waals surface area contributed by atoms with Crippen molar-refractivity contribution in [1.82, 2.24) is 9.80 Å². The van der Waals surface area contributed by atoms with Crippen LogP contribution in [0.2, 0.25) is 0 Å². The topological polar surface area (TPSA) is 59.1 Å². The molecule has 3 aliphatic heterocycles. The molecule has 2 amide bonds. The molecule has 3 aliphatic rings. The minimum Gasteiger partial charge on any atom is -0.378 e. The second-order valence-corrected chi connectivity index (χ2v) is 8.75. The maximum atomic E-state index is 12.8. The van der Waals surface area contributed by atoms with Crippen LogP contribution in [0.3, 0.4) is 0 Å². The predicted octanol–water partition coefficient (Wildman–Crippen LogP) is 2.65. The van der Waals surface area contributed by atoms with Crippen molar-refractivity contribution >= 4 is 11.8 Å². The first-order chi connectivity index (χ1) is 14.0. The van der Waals surface area contributed by atoms with Crippen molar-refractivity contribution in [3.63, 3.8) is 0 Å². The molecule has 1 aromatic carbocycles. The molecule has 6 heteroatoms. The van der Waals surface area contributed by atoms with Crippen LogP contribution in [0.1, 0.15) is 48.0 Å². The Morgan fingerprint density at radius 3 is 2.55 bits per heavy atom. The molecule has 4 rings (SSSR count). The largest absolute Gasteiger partial charge is 0.378 e. The summed E-state index contributed by atoms with van der Waals surface area (Å²) in [6.07, 6.45) is 4.19. The lowest BCUT2D eigenvalue weighted by molar-refractivity contribution is -0.143. The van der Waals surface area contributed by atoms with E-state index in [0.717, 1.165) is 49.9 Å². The van der Waals surface area contributed by atoms with E-state index in [0.29, 0.717) is 45.2 Å². The third-order valence-corrected chi connectivity index (χ3v) is 6.65. The van der Waals surface area contributed by atoms with Gasteiger partial charge in [-0.15, -0.1) is 0 Å². The Labute approximate surface area is 173 Å². The number of carbonyl (C=O) groups excluding carboxylic acids is 2. The highest BCUT2D eigenvalue weighted by atomic mass is 16.5. The van der Waals surface area contributed by atoms with Crippen molar-refractivity contribution in [2.75, 3.05) is 46.0 Å². The van der Waals surface area contributed by atoms with Crippen LogP contribution in [0.4, 0.5) is 0 Å². The van der Waals surface area contributed by atoms with Gasteiger partial charge in [-0.2, -0.15) is 0 Å². The highest BCUT2D eigenvalue weighted by Gasteiger charge is 2.42. The van der Waals surface area contributed by atoms with Gasteiger partial charge in [0.15, 0.2) is 0 Å². The Kier molecular flexibility index (Phi) is 6.20. The summed E-state index contributed by atoms with van der Waals surface area (Å²) in [7, 11) is 0. The summed E-state index contributed by atoms with van der Waals surface area (Å²) in [5.41, 5.74) is 1.70. The van der Waals surface area contributed by atoms with Crippen molar-refractivity contribution < 1.29 is 19.1 Å². The first-order valence-corrected chi connectivity index (χ1v) is 10.9. The molecule has 6 nitrogen and oxygen atoms in total. The van der Waals surface area contributed by atoms with Gasteiger partial charge in [0.2, 0.25) is 5.91 Å². The molecular formula is C23H32N2O4. The first kappa shape index (κ1) is 20.4. The number of aryl methyl sites for hydroxylation is 1. The molecule has 1 spiro atoms. The SMILES string of the molecule is Cc1cccc(C(=O)N2CCC3(CC2)CC(CC(=O)N2CCOCC2)CCO3)c1. The Balaban J connectivity index is 1.31. The van der Waals surface area contributed by atoms with Crippen LogP contribution in [0.15, 0.2) is 24.3 Å². The number of hydrogen-bond acceptors (Lipinski definition) is 4. The number of piperidine rings is 1. The van der Waals surface area contributed by atoms with E-state index >= 15 is 0 Å². The molecular weight excluding hydrogens is 368 g/mol. The highest BCUT2D eigenvalue weighted by molar-refractivity contribution is 5.94. The Morgan fingerprint density at radius 1 is 1.07 bits per heavy atom. The van der Waals surface area contributed by atoms with Crippen molar-refractivity contribution in [1.29, 1.82) is 0 Å². The van der Waals surface area contributed by atoms with Gasteiger partial charge in [-0.05, 0) is 50.7 Å². The van der Waals surface area contributed by atoms with Gasteiger partial charge >= 0.3 is 0 Å². The van der Waals surface area contributed by atoms with E-state index in [9.17, 15) is 9.59 Å². The molecule has 3 heterocycles. The number of ether oxygens (including phenoxy) is 2. The van der Waals surface area contributed by atoms with Gasteiger partial charge in [0, 0.05) is 44.8 Å². The fraction of sp³-hybridized carbons (Fsp3) is 0.652. The van der Waals surface area contributed by atoms with Gasteiger partial charge in [-0.25, -0.2) is 0 Å². The summed E-state index contributed by atoms with van der Waals surface area (Å²) in [5, 5.41) is 0. The lowest BCUT2D eigenvalue weighted by atomic mass is 9.78. The average molecular weight is 401 g/mol. The van der Waals surface area contributed by atoms with Crippen molar-refractivity contribution in [3.05, 3.63) is 35.4 Å². The minimum atomic E-state index is -0.169. The van der Waals surface area contributed by atoms with E-state index in [1.165, 1.54) is 0 Å². The molecule has 1 aromatic rings. The van der Waals surface area contributed by atoms with E-state index in [1.807, 2.05) is 41.0 Å². The molecule has 0 N–H and O–H groups in total. The van der Waals surface area contributed by atoms with E-state index in [1.54, 1.807) is 0 Å². The summed E-state index contributed by atoms with van der Waals surface area (Å²) in [5.74, 6) is 0.735. The molecule has 0 radical (unpaired) electrons. The van der Waals surface area contributed by atoms with Crippen LogP contribution in [-0.4, -0.2) is 73.2 Å². The zero-order chi connectivity index (χ0) is 20.3. The van der Waals surface area contributed by atoms with Crippen LogP contribution in [0, 0.1) is 12.8 Å². The highest BCUT2D eigenvalue weighted by Crippen LogP contribution is 2.39. The summed E-state index contributed by atoms with van der Waals surface area (Å²) in [4.78, 5) is 29.4. The minimum absolute atomic E-state index is 0.110. The zero-order valence-electron chi connectivity index (χ0n) is 17.4. The number of benzene rings is 1. The number of nitrogens with zero attached hydrogens (tertiary/aromatic N) is 2. The number of morpholine rings is 1. The third-order valence-electron chi connectivity index (χ3n) is 6.65. The average Bonchev–Trinajstić information content (AvgIpc) is 2.74. The van der Waals surface area contributed by atoms with Crippen LogP contribution >= 0.6 is 0 Å². The second-order valence-electron chi connectivity index (χ2n) is 8.75. The molecule has 3 saturated heterocycles. The number of amides is 2. The summed E-state index contributed by atoms with van der Waals surface area (Å²) < 4.78 is 11.6. The standard InChI is InChI=1S/C23H32N2O4/c1-18-3-2-4-20(15-18)22(27)25-8-6-23(7-9-25)17-19(5-12-29-23)16-21(26)24-10-13-28-14-11-24/h2-4,15,19H,5-14,16-17H2,1H3. The van der Waals surface area contributed by atoms with Gasteiger partial charge < -0.3 is 19.3 Å². The normalized spacial score (nSPS) is 24.5. The lowest BCUT2D eigenvalue weighted by Crippen LogP contribution is -2.51. The molecule has 29 heavy (non-hydrogen) atoms. The van der Waals surface area contributed by atoms with E-state index in [2.05, 4.69) is 0 Å². The quantitative estimate of drug-likeness (QED) is 0.783. The van der Waals surface area contributed by atoms with Crippen LogP contribution in [0.25, 0.3) is 0 Å². The molecule has 0 saturated carbocycles. The number of likely N-dealkylation sites (tertiary alicyclic amines) is 1. The molecule has 0 aliphatic carbocycles. The second kappa shape index (κ2) is 8.84. The fourth-order valence-corrected chi connectivity index (χ4v) is 4.92. The molecule has 0 aromatic heterocycles. The van der Waals surface area contributed by atoms with E-state index in [-0.39, 0.29) is 17.4 Å². The summed E-state index contributed by atoms with van der Waals surface area (Å²) in [6.45, 7) is 6.88. The van der Waals surface area contributed by atoms with Crippen molar-refractivity contribution in [2.24, 2.45) is 5.92 Å². The predicted molar refractivity (Wildman–Crippen MR) is 110 cm³/mol. The van der Waals surface area contributed by atoms with Crippen molar-refractivity contribution in [3.8, 4) is 0 Å². The molecule has 1 atom stereocenters. The number of rotatable bonds is 3. The number of carbonyl (C=O) groups is 2. The fourth-order valence-electron chi connectivity index (χ4n) is 4.92. The third kappa shape index (κ3) is 4.81. The molecule has 158 valence electrons. The Hall–Kier alpha value is -1.92. The molecule has 3 fully saturated rings. The summed E-state index contributed by atoms with van der Waals surface area (Å²) >= 11 is 0. The van der Waals surface area contributed by atoms with Gasteiger partial charge in [0.25, 0.3) is 5.91 Å². The van der Waals surface area contributed by atoms with Gasteiger partial charge in [0.1, 0.15) is 0 Å². The van der Waals surface area contributed by atoms with E-state index in [4.69, 9.17) is 9.47 Å². The Morgan fingerprint density at radius 2 is 1.83 bits per heavy atom. The Bertz CT molecular complexity index is 736. The smallest absolute Gasteiger partial charge is 0.253 e. The van der Waals surface area contributed by atoms with Crippen LogP contribution < -0.4 is 0 Å². The maximum absolute atomic E-state index is 12.8. The van der Waals surface area contributed by atoms with Gasteiger partial charge in [-0.1, -0.05) is 17.7 Å².